The third kappa shape index (κ3) is 4.44. The number of piperidine rings is 1. The van der Waals surface area contributed by atoms with E-state index in [9.17, 15) is 13.2 Å². The number of hydrogen-bond donors (Lipinski definition) is 2. The third-order valence-electron chi connectivity index (χ3n) is 4.65. The van der Waals surface area contributed by atoms with Crippen LogP contribution in [0.5, 0.6) is 0 Å². The van der Waals surface area contributed by atoms with E-state index >= 15 is 0 Å². The van der Waals surface area contributed by atoms with Crippen LogP contribution in [0.4, 0.5) is 0 Å². The van der Waals surface area contributed by atoms with Gasteiger partial charge in [0.15, 0.2) is 0 Å². The molecule has 0 saturated carbocycles. The van der Waals surface area contributed by atoms with Gasteiger partial charge in [-0.05, 0) is 32.6 Å². The quantitative estimate of drug-likeness (QED) is 0.715. The van der Waals surface area contributed by atoms with Crippen molar-refractivity contribution in [2.45, 2.75) is 52.0 Å². The Bertz CT molecular complexity index is 742. The maximum Gasteiger partial charge on any atom is 0.246 e. The second-order valence-electron chi connectivity index (χ2n) is 7.36. The van der Waals surface area contributed by atoms with Crippen LogP contribution in [0.25, 0.3) is 0 Å². The number of amides is 1. The van der Waals surface area contributed by atoms with Crippen LogP contribution in [0.2, 0.25) is 0 Å². The van der Waals surface area contributed by atoms with E-state index in [-0.39, 0.29) is 23.3 Å². The van der Waals surface area contributed by atoms with Crippen molar-refractivity contribution in [3.63, 3.8) is 0 Å². The smallest absolute Gasteiger partial charge is 0.246 e. The zero-order valence-corrected chi connectivity index (χ0v) is 17.0. The molecule has 0 radical (unpaired) electrons. The van der Waals surface area contributed by atoms with Crippen LogP contribution >= 0.6 is 0 Å². The highest BCUT2D eigenvalue weighted by molar-refractivity contribution is 7.89. The average molecular weight is 386 g/mol. The summed E-state index contributed by atoms with van der Waals surface area (Å²) < 4.78 is 29.7. The van der Waals surface area contributed by atoms with Crippen LogP contribution in [0.15, 0.2) is 4.90 Å². The zero-order valence-electron chi connectivity index (χ0n) is 16.2. The molecule has 148 valence electrons. The van der Waals surface area contributed by atoms with Gasteiger partial charge in [-0.25, -0.2) is 8.42 Å². The molecule has 8 nitrogen and oxygen atoms in total. The number of nitrogens with two attached hydrogens (primary N) is 1. The predicted octanol–water partition coefficient (Wildman–Crippen LogP) is 0.632. The number of aromatic nitrogens is 2. The Hall–Kier alpha value is -1.45. The lowest BCUT2D eigenvalue weighted by Gasteiger charge is -2.31. The molecule has 1 unspecified atom stereocenters. The number of carbonyl (C=O) groups excluding carboxylic acids is 1. The minimum Gasteiger partial charge on any atom is -0.355 e. The highest BCUT2D eigenvalue weighted by atomic mass is 32.2. The van der Waals surface area contributed by atoms with Crippen molar-refractivity contribution < 1.29 is 13.2 Å². The van der Waals surface area contributed by atoms with Crippen LogP contribution in [-0.2, 0) is 21.4 Å². The topological polar surface area (TPSA) is 110 Å². The SMILES string of the molecule is Cc1nn(CC(C)C)c(C)c1S(=O)(=O)N1CCCC(C(=O)NCCN)C1. The first-order valence-corrected chi connectivity index (χ1v) is 10.6. The molecular formula is C17H31N5O3S. The van der Waals surface area contributed by atoms with Crippen molar-refractivity contribution in [3.05, 3.63) is 11.4 Å². The Labute approximate surface area is 156 Å². The van der Waals surface area contributed by atoms with E-state index in [0.29, 0.717) is 56.3 Å². The lowest BCUT2D eigenvalue weighted by Crippen LogP contribution is -2.46. The first kappa shape index (κ1) is 20.9. The molecule has 1 atom stereocenters. The molecule has 1 fully saturated rings. The summed E-state index contributed by atoms with van der Waals surface area (Å²) in [5.74, 6) is -0.0927. The van der Waals surface area contributed by atoms with Crippen molar-refractivity contribution in [1.29, 1.82) is 0 Å². The van der Waals surface area contributed by atoms with Crippen molar-refractivity contribution in [2.75, 3.05) is 26.2 Å². The number of rotatable bonds is 7. The van der Waals surface area contributed by atoms with E-state index in [1.807, 2.05) is 0 Å². The molecule has 9 heteroatoms. The number of aryl methyl sites for hydroxylation is 1. The van der Waals surface area contributed by atoms with Crippen LogP contribution in [0.3, 0.4) is 0 Å². The minimum absolute atomic E-state index is 0.126. The lowest BCUT2D eigenvalue weighted by atomic mass is 9.99. The van der Waals surface area contributed by atoms with Crippen LogP contribution < -0.4 is 11.1 Å². The Morgan fingerprint density at radius 2 is 2.08 bits per heavy atom. The molecule has 2 heterocycles. The van der Waals surface area contributed by atoms with Gasteiger partial charge in [0.1, 0.15) is 4.90 Å². The fourth-order valence-corrected chi connectivity index (χ4v) is 5.32. The van der Waals surface area contributed by atoms with E-state index in [0.717, 1.165) is 0 Å². The summed E-state index contributed by atoms with van der Waals surface area (Å²) in [5.41, 5.74) is 6.59. The monoisotopic (exact) mass is 385 g/mol. The first-order chi connectivity index (χ1) is 12.2. The summed E-state index contributed by atoms with van der Waals surface area (Å²) in [4.78, 5) is 12.5. The predicted molar refractivity (Wildman–Crippen MR) is 100 cm³/mol. The maximum absolute atomic E-state index is 13.2. The number of nitrogens with one attached hydrogen (secondary N) is 1. The van der Waals surface area contributed by atoms with Gasteiger partial charge in [0, 0.05) is 32.7 Å². The van der Waals surface area contributed by atoms with Crippen molar-refractivity contribution in [2.24, 2.45) is 17.6 Å². The molecule has 0 aliphatic carbocycles. The number of carbonyl (C=O) groups is 1. The normalized spacial score (nSPS) is 19.1. The first-order valence-electron chi connectivity index (χ1n) is 9.20. The maximum atomic E-state index is 13.2. The van der Waals surface area contributed by atoms with E-state index in [4.69, 9.17) is 5.73 Å². The Morgan fingerprint density at radius 3 is 2.69 bits per heavy atom. The van der Waals surface area contributed by atoms with Gasteiger partial charge in [-0.2, -0.15) is 9.40 Å². The molecule has 0 bridgehead atoms. The van der Waals surface area contributed by atoms with Crippen molar-refractivity contribution in [1.82, 2.24) is 19.4 Å². The largest absolute Gasteiger partial charge is 0.355 e. The van der Waals surface area contributed by atoms with E-state index in [1.54, 1.807) is 18.5 Å². The molecular weight excluding hydrogens is 354 g/mol. The van der Waals surface area contributed by atoms with Gasteiger partial charge in [0.05, 0.1) is 17.3 Å². The molecule has 1 saturated heterocycles. The summed E-state index contributed by atoms with van der Waals surface area (Å²) in [6.07, 6.45) is 1.35. The molecule has 1 aromatic heterocycles. The second-order valence-corrected chi connectivity index (χ2v) is 9.23. The Balaban J connectivity index is 2.24. The summed E-state index contributed by atoms with van der Waals surface area (Å²) in [5, 5.41) is 7.18. The van der Waals surface area contributed by atoms with Crippen LogP contribution in [-0.4, -0.2) is 54.6 Å². The minimum atomic E-state index is -3.68. The molecule has 26 heavy (non-hydrogen) atoms. The summed E-state index contributed by atoms with van der Waals surface area (Å²) in [6.45, 7) is 9.74. The molecule has 3 N–H and O–H groups in total. The fraction of sp³-hybridized carbons (Fsp3) is 0.765. The van der Waals surface area contributed by atoms with Gasteiger partial charge in [-0.1, -0.05) is 13.8 Å². The lowest BCUT2D eigenvalue weighted by molar-refractivity contribution is -0.126. The summed E-state index contributed by atoms with van der Waals surface area (Å²) >= 11 is 0. The summed E-state index contributed by atoms with van der Waals surface area (Å²) in [7, 11) is -3.68. The molecule has 1 aliphatic heterocycles. The highest BCUT2D eigenvalue weighted by Gasteiger charge is 2.36. The fourth-order valence-electron chi connectivity index (χ4n) is 3.42. The number of sulfonamides is 1. The van der Waals surface area contributed by atoms with Gasteiger partial charge < -0.3 is 11.1 Å². The number of hydrogen-bond acceptors (Lipinski definition) is 5. The van der Waals surface area contributed by atoms with Crippen molar-refractivity contribution in [3.8, 4) is 0 Å². The van der Waals surface area contributed by atoms with Gasteiger partial charge in [-0.3, -0.25) is 9.48 Å². The van der Waals surface area contributed by atoms with Gasteiger partial charge in [0.25, 0.3) is 0 Å². The molecule has 2 rings (SSSR count). The number of nitrogens with zero attached hydrogens (tertiary/aromatic N) is 3. The molecule has 1 amide bonds. The van der Waals surface area contributed by atoms with E-state index in [2.05, 4.69) is 24.3 Å². The standard InChI is InChI=1S/C17H31N5O3S/c1-12(2)10-22-14(4)16(13(3)20-22)26(24,25)21-9-5-6-15(11-21)17(23)19-8-7-18/h12,15H,5-11,18H2,1-4H3,(H,19,23). The Kier molecular flexibility index (Phi) is 6.81. The van der Waals surface area contributed by atoms with E-state index < -0.39 is 10.0 Å². The van der Waals surface area contributed by atoms with Gasteiger partial charge in [0.2, 0.25) is 15.9 Å². The molecule has 0 aromatic carbocycles. The second kappa shape index (κ2) is 8.49. The summed E-state index contributed by atoms with van der Waals surface area (Å²) in [6, 6.07) is 0. The van der Waals surface area contributed by atoms with Crippen LogP contribution in [0.1, 0.15) is 38.1 Å². The Morgan fingerprint density at radius 1 is 1.38 bits per heavy atom. The van der Waals surface area contributed by atoms with Gasteiger partial charge in [-0.15, -0.1) is 0 Å². The van der Waals surface area contributed by atoms with E-state index in [1.165, 1.54) is 4.31 Å². The average Bonchev–Trinajstić information content (AvgIpc) is 2.86. The van der Waals surface area contributed by atoms with Gasteiger partial charge >= 0.3 is 0 Å². The molecule has 1 aliphatic rings. The van der Waals surface area contributed by atoms with Crippen molar-refractivity contribution >= 4 is 15.9 Å². The molecule has 1 aromatic rings. The third-order valence-corrected chi connectivity index (χ3v) is 6.77. The zero-order chi connectivity index (χ0) is 19.5. The molecule has 0 spiro atoms. The highest BCUT2D eigenvalue weighted by Crippen LogP contribution is 2.28. The van der Waals surface area contributed by atoms with Crippen LogP contribution in [0, 0.1) is 25.7 Å².